The average Bonchev–Trinajstić information content (AvgIpc) is 3.47. The molecular weight excluding hydrogens is 614 g/mol. The fourth-order valence-electron chi connectivity index (χ4n) is 6.94. The van der Waals surface area contributed by atoms with E-state index in [4.69, 9.17) is 4.98 Å². The number of rotatable bonds is 7. The van der Waals surface area contributed by atoms with Crippen LogP contribution in [0.1, 0.15) is 66.1 Å². The molecule has 0 bridgehead atoms. The summed E-state index contributed by atoms with van der Waals surface area (Å²) in [6, 6.07) is 14.2. The lowest BCUT2D eigenvalue weighted by atomic mass is 9.89. The molecule has 2 unspecified atom stereocenters. The molecule has 2 saturated heterocycles. The number of halogens is 6. The maximum absolute atomic E-state index is 13.7. The maximum Gasteiger partial charge on any atom is 0.416 e. The zero-order valence-electron chi connectivity index (χ0n) is 26.9. The normalized spacial score (nSPS) is 18.6. The van der Waals surface area contributed by atoms with Crippen LogP contribution >= 0.6 is 0 Å². The lowest BCUT2D eigenvalue weighted by Crippen LogP contribution is -2.38. The summed E-state index contributed by atoms with van der Waals surface area (Å²) in [6.07, 6.45) is -5.63. The molecule has 6 rings (SSSR count). The van der Waals surface area contributed by atoms with Crippen molar-refractivity contribution < 1.29 is 26.3 Å². The summed E-state index contributed by atoms with van der Waals surface area (Å²) in [7, 11) is 2.02. The molecular formula is C37H38F6N4. The highest BCUT2D eigenvalue weighted by atomic mass is 19.4. The molecule has 2 aliphatic heterocycles. The van der Waals surface area contributed by atoms with Crippen LogP contribution in [0, 0.1) is 6.92 Å². The van der Waals surface area contributed by atoms with Gasteiger partial charge >= 0.3 is 12.4 Å². The monoisotopic (exact) mass is 652 g/mol. The van der Waals surface area contributed by atoms with Gasteiger partial charge in [0, 0.05) is 55.2 Å². The zero-order valence-corrected chi connectivity index (χ0v) is 26.9. The molecule has 2 atom stereocenters. The zero-order chi connectivity index (χ0) is 33.8. The van der Waals surface area contributed by atoms with E-state index in [0.717, 1.165) is 83.1 Å². The van der Waals surface area contributed by atoms with Crippen LogP contribution in [-0.4, -0.2) is 33.6 Å². The Morgan fingerprint density at radius 1 is 0.894 bits per heavy atom. The molecule has 248 valence electrons. The van der Waals surface area contributed by atoms with Crippen LogP contribution in [0.3, 0.4) is 0 Å². The number of benzene rings is 2. The Balaban J connectivity index is 1.40. The Morgan fingerprint density at radius 2 is 1.57 bits per heavy atom. The average molecular weight is 653 g/mol. The molecule has 4 aromatic rings. The first-order valence-electron chi connectivity index (χ1n) is 15.9. The van der Waals surface area contributed by atoms with E-state index in [1.165, 1.54) is 0 Å². The van der Waals surface area contributed by atoms with Gasteiger partial charge in [0.05, 0.1) is 23.4 Å². The Kier molecular flexibility index (Phi) is 8.43. The predicted molar refractivity (Wildman–Crippen MR) is 173 cm³/mol. The van der Waals surface area contributed by atoms with Crippen molar-refractivity contribution in [3.63, 3.8) is 0 Å². The fraction of sp³-hybridized carbons (Fsp3) is 0.378. The second kappa shape index (κ2) is 12.1. The summed E-state index contributed by atoms with van der Waals surface area (Å²) < 4.78 is 84.4. The van der Waals surface area contributed by atoms with Crippen molar-refractivity contribution in [1.29, 1.82) is 0 Å². The van der Waals surface area contributed by atoms with Crippen molar-refractivity contribution in [1.82, 2.24) is 14.5 Å². The van der Waals surface area contributed by atoms with Gasteiger partial charge in [0.25, 0.3) is 0 Å². The number of alkyl halides is 6. The van der Waals surface area contributed by atoms with Gasteiger partial charge in [-0.15, -0.1) is 0 Å². The number of anilines is 1. The summed E-state index contributed by atoms with van der Waals surface area (Å²) >= 11 is 0. The van der Waals surface area contributed by atoms with Crippen LogP contribution in [0.5, 0.6) is 0 Å². The van der Waals surface area contributed by atoms with Crippen LogP contribution in [-0.2, 0) is 32.4 Å². The minimum Gasteiger partial charge on any atom is -0.366 e. The molecule has 10 heteroatoms. The van der Waals surface area contributed by atoms with E-state index in [0.29, 0.717) is 12.2 Å². The third-order valence-electron chi connectivity index (χ3n) is 9.65. The van der Waals surface area contributed by atoms with Crippen LogP contribution in [0.4, 0.5) is 32.2 Å². The smallest absolute Gasteiger partial charge is 0.366 e. The quantitative estimate of drug-likeness (QED) is 0.186. The molecule has 0 saturated carbocycles. The van der Waals surface area contributed by atoms with Gasteiger partial charge in [0.2, 0.25) is 0 Å². The van der Waals surface area contributed by atoms with Gasteiger partial charge in [-0.05, 0) is 103 Å². The van der Waals surface area contributed by atoms with Crippen molar-refractivity contribution in [3.05, 3.63) is 107 Å². The Morgan fingerprint density at radius 3 is 2.13 bits per heavy atom. The Hall–Kier alpha value is -4.21. The second-order valence-electron chi connectivity index (χ2n) is 12.8. The van der Waals surface area contributed by atoms with Gasteiger partial charge in [-0.3, -0.25) is 0 Å². The minimum atomic E-state index is -4.91. The molecule has 47 heavy (non-hydrogen) atoms. The maximum atomic E-state index is 13.7. The lowest BCUT2D eigenvalue weighted by molar-refractivity contribution is -0.143. The molecule has 4 heterocycles. The first-order valence-corrected chi connectivity index (χ1v) is 15.9. The highest BCUT2D eigenvalue weighted by Gasteiger charge is 2.40. The number of aromatic nitrogens is 2. The fourth-order valence-corrected chi connectivity index (χ4v) is 6.94. The number of hydrogen-bond acceptors (Lipinski definition) is 3. The van der Waals surface area contributed by atoms with Gasteiger partial charge in [-0.25, -0.2) is 4.98 Å². The van der Waals surface area contributed by atoms with Gasteiger partial charge < -0.3 is 14.4 Å². The van der Waals surface area contributed by atoms with Gasteiger partial charge in [-0.2, -0.15) is 26.3 Å². The molecule has 0 amide bonds. The van der Waals surface area contributed by atoms with Crippen molar-refractivity contribution in [2.24, 2.45) is 7.05 Å². The number of hydrogen-bond donors (Lipinski definition) is 0. The number of nitrogens with zero attached hydrogens (tertiary/aromatic N) is 4. The van der Waals surface area contributed by atoms with Crippen LogP contribution < -0.4 is 4.90 Å². The first-order chi connectivity index (χ1) is 22.1. The number of allylic oxidation sites excluding steroid dienone is 1. The number of pyridine rings is 1. The minimum absolute atomic E-state index is 0.00430. The Labute approximate surface area is 271 Å². The second-order valence-corrected chi connectivity index (χ2v) is 12.8. The van der Waals surface area contributed by atoms with Crippen molar-refractivity contribution in [2.45, 2.75) is 70.9 Å². The lowest BCUT2D eigenvalue weighted by Gasteiger charge is -2.33. The van der Waals surface area contributed by atoms with Crippen LogP contribution in [0.2, 0.25) is 0 Å². The van der Waals surface area contributed by atoms with Crippen LogP contribution in [0.25, 0.3) is 22.4 Å². The molecule has 2 aromatic heterocycles. The Bertz CT molecular complexity index is 1780. The molecule has 4 nitrogen and oxygen atoms in total. The van der Waals surface area contributed by atoms with Crippen molar-refractivity contribution in [2.75, 3.05) is 18.0 Å². The van der Waals surface area contributed by atoms with Crippen molar-refractivity contribution in [3.8, 4) is 22.4 Å². The summed E-state index contributed by atoms with van der Waals surface area (Å²) in [6.45, 7) is 12.3. The first kappa shape index (κ1) is 32.7. The van der Waals surface area contributed by atoms with Crippen LogP contribution in [0.15, 0.2) is 73.1 Å². The van der Waals surface area contributed by atoms with E-state index in [1.807, 2.05) is 24.9 Å². The van der Waals surface area contributed by atoms with Gasteiger partial charge in [0.15, 0.2) is 0 Å². The molecule has 2 fully saturated rings. The number of likely N-dealkylation sites (tertiary alicyclic amines) is 1. The molecule has 0 radical (unpaired) electrons. The van der Waals surface area contributed by atoms with Gasteiger partial charge in [-0.1, -0.05) is 25.6 Å². The SMILES string of the molecule is C=C1CC(c2cc(C(F)(F)F)cc(C(F)(F)F)c2)C(C)N1Cc1nc(N2CCC2)ccc1-c1cc(-c2cc(C)cn2C)ccc1CC. The highest BCUT2D eigenvalue weighted by molar-refractivity contribution is 5.77. The van der Waals surface area contributed by atoms with E-state index in [9.17, 15) is 26.3 Å². The summed E-state index contributed by atoms with van der Waals surface area (Å²) in [5.41, 5.74) is 5.29. The van der Waals surface area contributed by atoms with E-state index >= 15 is 0 Å². The van der Waals surface area contributed by atoms with E-state index < -0.39 is 35.4 Å². The van der Waals surface area contributed by atoms with E-state index in [-0.39, 0.29) is 18.1 Å². The van der Waals surface area contributed by atoms with E-state index in [2.05, 4.69) is 66.4 Å². The molecule has 0 spiro atoms. The third-order valence-corrected chi connectivity index (χ3v) is 9.65. The van der Waals surface area contributed by atoms with Crippen molar-refractivity contribution >= 4 is 5.82 Å². The molecule has 0 N–H and O–H groups in total. The third kappa shape index (κ3) is 6.39. The highest BCUT2D eigenvalue weighted by Crippen LogP contribution is 2.45. The summed E-state index contributed by atoms with van der Waals surface area (Å²) in [5.74, 6) is 0.243. The standard InChI is InChI=1S/C37H38F6N4/c1-6-25-8-9-26(34-14-22(2)20-45(34)5)18-32(25)30-10-11-35(46-12-7-13-46)44-33(30)21-47-23(3)15-31(24(47)4)27-16-28(36(38,39)40)19-29(17-27)37(41,42)43/h8-11,14,16-20,24,31H,3,6-7,12-13,15,21H2,1-2,4-5H3. The largest absolute Gasteiger partial charge is 0.416 e. The van der Waals surface area contributed by atoms with E-state index in [1.54, 1.807) is 0 Å². The number of aryl methyl sites for hydroxylation is 3. The van der Waals surface area contributed by atoms with Gasteiger partial charge in [0.1, 0.15) is 5.82 Å². The molecule has 0 aliphatic carbocycles. The summed E-state index contributed by atoms with van der Waals surface area (Å²) in [4.78, 5) is 9.32. The molecule has 2 aromatic carbocycles. The summed E-state index contributed by atoms with van der Waals surface area (Å²) in [5, 5.41) is 0. The molecule has 2 aliphatic rings. The topological polar surface area (TPSA) is 24.3 Å². The predicted octanol–water partition coefficient (Wildman–Crippen LogP) is 9.76.